The van der Waals surface area contributed by atoms with E-state index in [2.05, 4.69) is 26.1 Å². The van der Waals surface area contributed by atoms with Crippen LogP contribution in [0, 0.1) is 18.3 Å². The first-order valence-corrected chi connectivity index (χ1v) is 18.9. The van der Waals surface area contributed by atoms with Crippen molar-refractivity contribution in [2.45, 2.75) is 95.6 Å². The number of benzene rings is 1. The number of hydrogen-bond acceptors (Lipinski definition) is 10. The third kappa shape index (κ3) is 5.64. The predicted octanol–water partition coefficient (Wildman–Crippen LogP) is 6.72. The molecule has 1 aromatic carbocycles. The lowest BCUT2D eigenvalue weighted by atomic mass is 9.93. The number of ether oxygens (including phenoxy) is 2. The number of nitrogens with one attached hydrogen (secondary N) is 1. The van der Waals surface area contributed by atoms with Gasteiger partial charge in [-0.15, -0.1) is 0 Å². The van der Waals surface area contributed by atoms with Gasteiger partial charge in [0, 0.05) is 61.2 Å². The number of aryl methyl sites for hydroxylation is 2. The number of piperazine rings is 1. The van der Waals surface area contributed by atoms with Crippen LogP contribution in [0.3, 0.4) is 0 Å². The number of amides is 1. The first-order valence-electron chi connectivity index (χ1n) is 18.9. The smallest absolute Gasteiger partial charge is 0.410 e. The van der Waals surface area contributed by atoms with E-state index in [1.165, 1.54) is 0 Å². The van der Waals surface area contributed by atoms with E-state index in [0.717, 1.165) is 32.2 Å². The largest absolute Gasteiger partial charge is 0.461 e. The van der Waals surface area contributed by atoms with Gasteiger partial charge in [-0.05, 0) is 77.6 Å². The number of rotatable bonds is 6. The number of nitrogens with zero attached hydrogens (tertiary/aromatic N) is 9. The van der Waals surface area contributed by atoms with Gasteiger partial charge in [0.1, 0.15) is 35.9 Å². The third-order valence-corrected chi connectivity index (χ3v) is 12.0. The van der Waals surface area contributed by atoms with Crippen LogP contribution in [0.2, 0.25) is 0 Å². The third-order valence-electron chi connectivity index (χ3n) is 12.0. The number of H-pyrrole nitrogens is 1. The van der Waals surface area contributed by atoms with Gasteiger partial charge in [-0.1, -0.05) is 0 Å². The van der Waals surface area contributed by atoms with E-state index in [1.807, 2.05) is 36.3 Å². The molecule has 0 aliphatic carbocycles. The summed E-state index contributed by atoms with van der Waals surface area (Å²) in [6, 6.07) is 5.34. The molecule has 0 unspecified atom stereocenters. The summed E-state index contributed by atoms with van der Waals surface area (Å²) in [6.07, 6.45) is 1.21. The Labute approximate surface area is 315 Å². The summed E-state index contributed by atoms with van der Waals surface area (Å²) in [7, 11) is 1.80. The van der Waals surface area contributed by atoms with E-state index in [1.54, 1.807) is 26.2 Å². The molecule has 1 N–H and O–H groups in total. The predicted molar refractivity (Wildman–Crippen MR) is 199 cm³/mol. The van der Waals surface area contributed by atoms with Crippen molar-refractivity contribution in [1.82, 2.24) is 39.5 Å². The van der Waals surface area contributed by atoms with Gasteiger partial charge in [0.15, 0.2) is 5.69 Å². The van der Waals surface area contributed by atoms with Crippen LogP contribution in [-0.4, -0.2) is 108 Å². The zero-order valence-electron chi connectivity index (χ0n) is 31.5. The van der Waals surface area contributed by atoms with Gasteiger partial charge in [-0.2, -0.15) is 20.3 Å². The number of aromatic amines is 1. The van der Waals surface area contributed by atoms with E-state index >= 15 is 8.78 Å². The molecule has 0 spiro atoms. The molecule has 13 nitrogen and oxygen atoms in total. The minimum absolute atomic E-state index is 0.0123. The van der Waals surface area contributed by atoms with Gasteiger partial charge in [0.25, 0.3) is 6.43 Å². The fraction of sp³-hybridized carbons (Fsp3) is 0.538. The van der Waals surface area contributed by atoms with Crippen molar-refractivity contribution in [2.24, 2.45) is 7.05 Å². The summed E-state index contributed by atoms with van der Waals surface area (Å²) in [4.78, 5) is 34.3. The highest BCUT2D eigenvalue weighted by Crippen LogP contribution is 2.46. The first kappa shape index (κ1) is 35.5. The first-order chi connectivity index (χ1) is 26.3. The number of alkyl halides is 3. The Kier molecular flexibility index (Phi) is 8.20. The van der Waals surface area contributed by atoms with E-state index < -0.39 is 23.7 Å². The maximum Gasteiger partial charge on any atom is 0.410 e. The SMILES string of the molecule is Cc1cc2[nH]nc(C#N)c2c(-c2nccc3c4c(N5C[C@H]6CC[C@@H](C5)N6C(=O)OC(C)(C)C)nc(OC[C@@]56CCCN5C[C@H](F)C6)nc4n(C)c23)c1C(F)F. The lowest BCUT2D eigenvalue weighted by molar-refractivity contribution is 0.0122. The number of anilines is 1. The lowest BCUT2D eigenvalue weighted by Gasteiger charge is -2.42. The van der Waals surface area contributed by atoms with E-state index in [0.29, 0.717) is 64.9 Å². The van der Waals surface area contributed by atoms with Crippen molar-refractivity contribution in [1.29, 1.82) is 5.26 Å². The highest BCUT2D eigenvalue weighted by atomic mass is 19.3. The summed E-state index contributed by atoms with van der Waals surface area (Å²) < 4.78 is 58.9. The molecule has 8 heterocycles. The Morgan fingerprint density at radius 2 is 1.93 bits per heavy atom. The van der Waals surface area contributed by atoms with Gasteiger partial charge < -0.3 is 18.9 Å². The molecule has 55 heavy (non-hydrogen) atoms. The van der Waals surface area contributed by atoms with E-state index in [9.17, 15) is 14.4 Å². The number of aromatic nitrogens is 6. The molecule has 4 aromatic heterocycles. The molecular weight excluding hydrogens is 713 g/mol. The fourth-order valence-corrected chi connectivity index (χ4v) is 9.76. The number of halogens is 3. The van der Waals surface area contributed by atoms with Crippen LogP contribution in [0.15, 0.2) is 18.3 Å². The molecule has 9 rings (SSSR count). The molecule has 4 saturated heterocycles. The molecule has 4 atom stereocenters. The van der Waals surface area contributed by atoms with Crippen LogP contribution in [0.1, 0.15) is 76.1 Å². The van der Waals surface area contributed by atoms with Gasteiger partial charge in [-0.3, -0.25) is 19.9 Å². The van der Waals surface area contributed by atoms with Gasteiger partial charge in [-0.25, -0.2) is 18.0 Å². The summed E-state index contributed by atoms with van der Waals surface area (Å²) in [6.45, 7) is 9.56. The number of pyridine rings is 1. The molecule has 0 saturated carbocycles. The zero-order valence-corrected chi connectivity index (χ0v) is 31.5. The number of hydrogen-bond donors (Lipinski definition) is 1. The molecule has 2 bridgehead atoms. The molecule has 288 valence electrons. The van der Waals surface area contributed by atoms with Crippen LogP contribution >= 0.6 is 0 Å². The van der Waals surface area contributed by atoms with Crippen LogP contribution in [0.4, 0.5) is 23.8 Å². The second-order valence-electron chi connectivity index (χ2n) is 16.6. The summed E-state index contributed by atoms with van der Waals surface area (Å²) >= 11 is 0. The zero-order chi connectivity index (χ0) is 38.6. The number of fused-ring (bicyclic) bond motifs is 7. The van der Waals surface area contributed by atoms with Gasteiger partial charge in [0.05, 0.1) is 39.7 Å². The van der Waals surface area contributed by atoms with E-state index in [-0.39, 0.29) is 58.7 Å². The lowest BCUT2D eigenvalue weighted by Crippen LogP contribution is -2.57. The molecule has 4 aliphatic heterocycles. The van der Waals surface area contributed by atoms with Gasteiger partial charge >= 0.3 is 12.1 Å². The second-order valence-corrected chi connectivity index (χ2v) is 16.6. The number of carbonyl (C=O) groups is 1. The van der Waals surface area contributed by atoms with Crippen LogP contribution in [-0.2, 0) is 11.8 Å². The standard InChI is InChI=1S/C39H43F3N10O3/c1-20-13-25-29(26(15-43)48-47-25)30(27(20)33(41)42)31-32-24(9-11-44-31)28-34(49(32)5)45-36(54-19-39-10-6-12-51(39)16-21(40)14-39)46-35(28)50-17-22-7-8-23(18-50)52(22)37(53)55-38(2,3)4/h9,11,13,21-23,33H,6-8,10,12,14,16-19H2,1-5H3,(H,47,48)/t21-,22-,23+,39+/m1/s1. The van der Waals surface area contributed by atoms with Crippen molar-refractivity contribution >= 4 is 44.8 Å². The number of carbonyl (C=O) groups excluding carboxylic acids is 1. The Hall–Kier alpha value is -5.17. The highest BCUT2D eigenvalue weighted by molar-refractivity contribution is 6.17. The minimum atomic E-state index is -2.87. The van der Waals surface area contributed by atoms with Crippen molar-refractivity contribution in [3.05, 3.63) is 35.2 Å². The summed E-state index contributed by atoms with van der Waals surface area (Å²) in [5, 5.41) is 18.6. The second kappa shape index (κ2) is 12.7. The molecule has 4 aliphatic rings. The average molecular weight is 757 g/mol. The van der Waals surface area contributed by atoms with Crippen LogP contribution < -0.4 is 9.64 Å². The quantitative estimate of drug-likeness (QED) is 0.199. The fourth-order valence-electron chi connectivity index (χ4n) is 9.76. The maximum absolute atomic E-state index is 15.0. The Bertz CT molecular complexity index is 2400. The van der Waals surface area contributed by atoms with Crippen LogP contribution in [0.5, 0.6) is 6.01 Å². The average Bonchev–Trinajstić information content (AvgIpc) is 3.92. The molecule has 4 fully saturated rings. The van der Waals surface area contributed by atoms with Crippen LogP contribution in [0.25, 0.3) is 44.1 Å². The summed E-state index contributed by atoms with van der Waals surface area (Å²) in [5.41, 5.74) is 0.869. The molecule has 16 heteroatoms. The van der Waals surface area contributed by atoms with E-state index in [4.69, 9.17) is 24.4 Å². The topological polar surface area (TPSA) is 141 Å². The maximum atomic E-state index is 15.0. The van der Waals surface area contributed by atoms with Gasteiger partial charge in [0.2, 0.25) is 0 Å². The minimum Gasteiger partial charge on any atom is -0.461 e. The van der Waals surface area contributed by atoms with Crippen molar-refractivity contribution < 1.29 is 27.4 Å². The summed E-state index contributed by atoms with van der Waals surface area (Å²) in [5.74, 6) is 0.587. The molecule has 1 amide bonds. The molecule has 0 radical (unpaired) electrons. The number of nitriles is 1. The Balaban J connectivity index is 1.22. The normalized spacial score (nSPS) is 24.1. The highest BCUT2D eigenvalue weighted by Gasteiger charge is 2.50. The molecule has 5 aromatic rings. The molecular formula is C39H43F3N10O3. The Morgan fingerprint density at radius 1 is 1.16 bits per heavy atom. The Morgan fingerprint density at radius 3 is 2.64 bits per heavy atom. The van der Waals surface area contributed by atoms with Crippen molar-refractivity contribution in [3.8, 4) is 23.3 Å². The van der Waals surface area contributed by atoms with Crippen molar-refractivity contribution in [2.75, 3.05) is 37.7 Å². The van der Waals surface area contributed by atoms with Crippen molar-refractivity contribution in [3.63, 3.8) is 0 Å². The monoisotopic (exact) mass is 756 g/mol.